The molecule has 2 aliphatic rings. The Hall–Kier alpha value is -2.37. The molecule has 1 amide bonds. The number of ketones is 1. The lowest BCUT2D eigenvalue weighted by Crippen LogP contribution is -2.31. The number of halogens is 1. The summed E-state index contributed by atoms with van der Waals surface area (Å²) in [5.74, 6) is 0.293. The van der Waals surface area contributed by atoms with Crippen LogP contribution in [0.4, 0.5) is 5.69 Å². The van der Waals surface area contributed by atoms with Crippen molar-refractivity contribution in [1.82, 2.24) is 4.90 Å². The Morgan fingerprint density at radius 1 is 1.13 bits per heavy atom. The monoisotopic (exact) mass is 428 g/mol. The van der Waals surface area contributed by atoms with Crippen LogP contribution in [-0.4, -0.2) is 36.3 Å². The van der Waals surface area contributed by atoms with Crippen LogP contribution in [0.2, 0.25) is 0 Å². The molecule has 2 aromatic carbocycles. The number of rotatable bonds is 6. The van der Waals surface area contributed by atoms with Crippen molar-refractivity contribution in [3.63, 3.8) is 0 Å². The van der Waals surface area contributed by atoms with E-state index in [1.807, 2.05) is 19.9 Å². The topological polar surface area (TPSA) is 58.6 Å². The van der Waals surface area contributed by atoms with Crippen molar-refractivity contribution in [2.75, 3.05) is 25.0 Å². The van der Waals surface area contributed by atoms with Gasteiger partial charge in [0.25, 0.3) is 5.91 Å². The molecule has 160 valence electrons. The molecule has 1 unspecified atom stereocenters. The second-order valence-electron chi connectivity index (χ2n) is 7.73. The van der Waals surface area contributed by atoms with E-state index >= 15 is 0 Å². The molecule has 30 heavy (non-hydrogen) atoms. The molecule has 0 saturated carbocycles. The first-order chi connectivity index (χ1) is 14.1. The van der Waals surface area contributed by atoms with E-state index in [2.05, 4.69) is 22.3 Å². The highest BCUT2D eigenvalue weighted by molar-refractivity contribution is 6.07. The first-order valence-corrected chi connectivity index (χ1v) is 10.6. The van der Waals surface area contributed by atoms with Crippen molar-refractivity contribution in [2.45, 2.75) is 45.6 Å². The number of hydrogen-bond acceptors (Lipinski definition) is 4. The van der Waals surface area contributed by atoms with Crippen molar-refractivity contribution < 1.29 is 14.3 Å². The van der Waals surface area contributed by atoms with Gasteiger partial charge in [0.15, 0.2) is 5.78 Å². The van der Waals surface area contributed by atoms with Crippen LogP contribution in [0, 0.1) is 0 Å². The molecule has 0 radical (unpaired) electrons. The quantitative estimate of drug-likeness (QED) is 0.654. The third kappa shape index (κ3) is 4.37. The van der Waals surface area contributed by atoms with Gasteiger partial charge in [0, 0.05) is 30.3 Å². The van der Waals surface area contributed by atoms with Gasteiger partial charge in [0.05, 0.1) is 12.2 Å². The summed E-state index contributed by atoms with van der Waals surface area (Å²) in [6.07, 6.45) is 3.86. The fourth-order valence-electron chi connectivity index (χ4n) is 4.48. The molecule has 1 N–H and O–H groups in total. The average molecular weight is 429 g/mol. The Kier molecular flexibility index (Phi) is 7.16. The van der Waals surface area contributed by atoms with Gasteiger partial charge in [-0.05, 0) is 74.2 Å². The van der Waals surface area contributed by atoms with Gasteiger partial charge in [0.1, 0.15) is 5.75 Å². The molecule has 1 fully saturated rings. The molecular weight excluding hydrogens is 400 g/mol. The van der Waals surface area contributed by atoms with Gasteiger partial charge in [-0.15, -0.1) is 12.4 Å². The maximum Gasteiger partial charge on any atom is 0.255 e. The van der Waals surface area contributed by atoms with Gasteiger partial charge in [-0.3, -0.25) is 14.5 Å². The molecule has 6 heteroatoms. The number of nitrogens with zero attached hydrogens (tertiary/aromatic N) is 1. The number of carbonyl (C=O) groups excluding carboxylic acids is 2. The molecule has 1 saturated heterocycles. The molecule has 0 aromatic heterocycles. The highest BCUT2D eigenvalue weighted by Crippen LogP contribution is 2.38. The molecule has 2 aliphatic heterocycles. The molecular formula is C24H29ClN2O3. The first kappa shape index (κ1) is 22.3. The zero-order chi connectivity index (χ0) is 20.4. The summed E-state index contributed by atoms with van der Waals surface area (Å²) in [5.41, 5.74) is 4.47. The number of carbonyl (C=O) groups is 2. The number of hydrogen-bond donors (Lipinski definition) is 1. The SMILES string of the molecule is CCOc1ccc(C(=O)Nc2ccc3c(c2)C2CCCN2CC3)cc1C(=O)CC.Cl. The van der Waals surface area contributed by atoms with Crippen molar-refractivity contribution in [3.8, 4) is 5.75 Å². The van der Waals surface area contributed by atoms with Crippen molar-refractivity contribution >= 4 is 29.8 Å². The summed E-state index contributed by atoms with van der Waals surface area (Å²) in [4.78, 5) is 27.7. The summed E-state index contributed by atoms with van der Waals surface area (Å²) in [6.45, 7) is 6.46. The van der Waals surface area contributed by atoms with E-state index in [0.29, 0.717) is 35.9 Å². The normalized spacial score (nSPS) is 17.5. The van der Waals surface area contributed by atoms with E-state index in [1.54, 1.807) is 18.2 Å². The van der Waals surface area contributed by atoms with Crippen LogP contribution in [0.5, 0.6) is 5.75 Å². The Morgan fingerprint density at radius 2 is 1.97 bits per heavy atom. The lowest BCUT2D eigenvalue weighted by molar-refractivity contribution is 0.0984. The molecule has 0 spiro atoms. The van der Waals surface area contributed by atoms with Crippen LogP contribution >= 0.6 is 12.4 Å². The van der Waals surface area contributed by atoms with Gasteiger partial charge in [0.2, 0.25) is 0 Å². The Balaban J connectivity index is 0.00000256. The van der Waals surface area contributed by atoms with Gasteiger partial charge in [-0.2, -0.15) is 0 Å². The van der Waals surface area contributed by atoms with E-state index in [1.165, 1.54) is 30.5 Å². The van der Waals surface area contributed by atoms with Crippen molar-refractivity contribution in [3.05, 3.63) is 58.7 Å². The third-order valence-corrected chi connectivity index (χ3v) is 5.96. The summed E-state index contributed by atoms with van der Waals surface area (Å²) in [5, 5.41) is 3.01. The maximum atomic E-state index is 12.9. The van der Waals surface area contributed by atoms with Crippen molar-refractivity contribution in [1.29, 1.82) is 0 Å². The summed E-state index contributed by atoms with van der Waals surface area (Å²) >= 11 is 0. The zero-order valence-corrected chi connectivity index (χ0v) is 18.4. The van der Waals surface area contributed by atoms with E-state index < -0.39 is 0 Å². The fraction of sp³-hybridized carbons (Fsp3) is 0.417. The van der Waals surface area contributed by atoms with Crippen LogP contribution in [0.25, 0.3) is 0 Å². The predicted octanol–water partition coefficient (Wildman–Crippen LogP) is 5.05. The summed E-state index contributed by atoms with van der Waals surface area (Å²) < 4.78 is 5.56. The molecule has 1 atom stereocenters. The van der Waals surface area contributed by atoms with Gasteiger partial charge < -0.3 is 10.1 Å². The van der Waals surface area contributed by atoms with Crippen LogP contribution in [-0.2, 0) is 6.42 Å². The Labute approximate surface area is 184 Å². The second-order valence-corrected chi connectivity index (χ2v) is 7.73. The smallest absolute Gasteiger partial charge is 0.255 e. The average Bonchev–Trinajstić information content (AvgIpc) is 3.23. The van der Waals surface area contributed by atoms with E-state index in [-0.39, 0.29) is 24.1 Å². The lowest BCUT2D eigenvalue weighted by atomic mass is 9.92. The van der Waals surface area contributed by atoms with Crippen LogP contribution in [0.1, 0.15) is 71.0 Å². The molecule has 4 rings (SSSR count). The number of nitrogens with one attached hydrogen (secondary N) is 1. The standard InChI is InChI=1S/C24H28N2O3.ClH/c1-3-22(27)20-14-17(8-10-23(20)29-4-2)24(28)25-18-9-7-16-11-13-26-12-5-6-21(26)19(16)15-18;/h7-10,14-15,21H,3-6,11-13H2,1-2H3,(H,25,28);1H. The van der Waals surface area contributed by atoms with Gasteiger partial charge in [-0.1, -0.05) is 13.0 Å². The number of amides is 1. The maximum absolute atomic E-state index is 12.9. The molecule has 2 aromatic rings. The molecule has 5 nitrogen and oxygen atoms in total. The van der Waals surface area contributed by atoms with E-state index in [4.69, 9.17) is 4.74 Å². The van der Waals surface area contributed by atoms with E-state index in [9.17, 15) is 9.59 Å². The largest absolute Gasteiger partial charge is 0.493 e. The van der Waals surface area contributed by atoms with Crippen molar-refractivity contribution in [2.24, 2.45) is 0 Å². The zero-order valence-electron chi connectivity index (χ0n) is 17.6. The highest BCUT2D eigenvalue weighted by atomic mass is 35.5. The first-order valence-electron chi connectivity index (χ1n) is 10.6. The molecule has 0 aliphatic carbocycles. The van der Waals surface area contributed by atoms with E-state index in [0.717, 1.165) is 18.7 Å². The highest BCUT2D eigenvalue weighted by Gasteiger charge is 2.31. The Morgan fingerprint density at radius 3 is 2.73 bits per heavy atom. The van der Waals surface area contributed by atoms with Gasteiger partial charge >= 0.3 is 0 Å². The van der Waals surface area contributed by atoms with Crippen LogP contribution in [0.3, 0.4) is 0 Å². The fourth-order valence-corrected chi connectivity index (χ4v) is 4.48. The number of fused-ring (bicyclic) bond motifs is 3. The van der Waals surface area contributed by atoms with Gasteiger partial charge in [-0.25, -0.2) is 0 Å². The summed E-state index contributed by atoms with van der Waals surface area (Å²) in [7, 11) is 0. The number of anilines is 1. The second kappa shape index (κ2) is 9.63. The molecule has 2 heterocycles. The lowest BCUT2D eigenvalue weighted by Gasteiger charge is -2.32. The predicted molar refractivity (Wildman–Crippen MR) is 121 cm³/mol. The minimum atomic E-state index is -0.211. The minimum Gasteiger partial charge on any atom is -0.493 e. The number of Topliss-reactive ketones (excluding diaryl/α,β-unsaturated/α-hetero) is 1. The van der Waals surface area contributed by atoms with Crippen LogP contribution < -0.4 is 10.1 Å². The minimum absolute atomic E-state index is 0. The molecule has 0 bridgehead atoms. The summed E-state index contributed by atoms with van der Waals surface area (Å²) in [6, 6.07) is 11.8. The third-order valence-electron chi connectivity index (χ3n) is 5.96. The number of ether oxygens (including phenoxy) is 1. The Bertz CT molecular complexity index is 944. The number of benzene rings is 2. The van der Waals surface area contributed by atoms with Crippen LogP contribution in [0.15, 0.2) is 36.4 Å².